The molecule has 0 spiro atoms. The lowest BCUT2D eigenvalue weighted by molar-refractivity contribution is 0.415. The van der Waals surface area contributed by atoms with Crippen LogP contribution in [0.3, 0.4) is 0 Å². The Bertz CT molecular complexity index is 366. The summed E-state index contributed by atoms with van der Waals surface area (Å²) in [7, 11) is 1.56. The minimum absolute atomic E-state index is 0.544. The lowest BCUT2D eigenvalue weighted by atomic mass is 10.2. The number of hydrogen-bond donors (Lipinski definition) is 0. The van der Waals surface area contributed by atoms with Gasteiger partial charge in [-0.3, -0.25) is 0 Å². The van der Waals surface area contributed by atoms with E-state index in [9.17, 15) is 0 Å². The van der Waals surface area contributed by atoms with Crippen LogP contribution in [0.5, 0.6) is 5.75 Å². The van der Waals surface area contributed by atoms with E-state index in [-0.39, 0.29) is 0 Å². The lowest BCUT2D eigenvalue weighted by Gasteiger charge is -2.02. The molecule has 0 radical (unpaired) electrons. The van der Waals surface area contributed by atoms with Crippen LogP contribution in [0, 0.1) is 11.3 Å². The van der Waals surface area contributed by atoms with Gasteiger partial charge in [0.2, 0.25) is 0 Å². The van der Waals surface area contributed by atoms with Crippen molar-refractivity contribution < 1.29 is 4.74 Å². The molecule has 0 aromatic heterocycles. The van der Waals surface area contributed by atoms with Crippen molar-refractivity contribution in [2.24, 2.45) is 0 Å². The second kappa shape index (κ2) is 4.54. The first-order chi connectivity index (χ1) is 6.27. The van der Waals surface area contributed by atoms with Gasteiger partial charge in [-0.25, -0.2) is 0 Å². The van der Waals surface area contributed by atoms with E-state index in [1.807, 2.05) is 12.1 Å². The largest absolute Gasteiger partial charge is 0.495 e. The number of methoxy groups -OCH3 is 1. The van der Waals surface area contributed by atoms with Gasteiger partial charge in [-0.05, 0) is 23.8 Å². The van der Waals surface area contributed by atoms with E-state index in [1.165, 1.54) is 6.08 Å². The molecule has 0 fully saturated rings. The van der Waals surface area contributed by atoms with E-state index < -0.39 is 0 Å². The molecular formula is C10H8ClNO. The van der Waals surface area contributed by atoms with E-state index in [0.717, 1.165) is 5.56 Å². The molecule has 3 heteroatoms. The highest BCUT2D eigenvalue weighted by Gasteiger charge is 1.98. The van der Waals surface area contributed by atoms with Crippen molar-refractivity contribution in [1.29, 1.82) is 5.26 Å². The Labute approximate surface area is 82.0 Å². The maximum Gasteiger partial charge on any atom is 0.137 e. The third-order valence-electron chi connectivity index (χ3n) is 1.53. The fourth-order valence-electron chi connectivity index (χ4n) is 0.920. The van der Waals surface area contributed by atoms with Crippen LogP contribution in [0.15, 0.2) is 24.3 Å². The Balaban J connectivity index is 2.97. The molecule has 2 nitrogen and oxygen atoms in total. The van der Waals surface area contributed by atoms with Crippen molar-refractivity contribution in [2.45, 2.75) is 0 Å². The van der Waals surface area contributed by atoms with Crippen LogP contribution in [0.25, 0.3) is 6.08 Å². The van der Waals surface area contributed by atoms with Crippen LogP contribution in [0.1, 0.15) is 5.56 Å². The van der Waals surface area contributed by atoms with Crippen molar-refractivity contribution in [3.05, 3.63) is 34.9 Å². The standard InChI is InChI=1S/C10H8ClNO/c1-13-10-5-4-8(3-2-6-12)7-9(10)11/h2-5,7H,1H3/b3-2+. The molecule has 0 aliphatic carbocycles. The quantitative estimate of drug-likeness (QED) is 0.677. The molecule has 66 valence electrons. The molecule has 0 aliphatic heterocycles. The van der Waals surface area contributed by atoms with Crippen molar-refractivity contribution >= 4 is 17.7 Å². The SMILES string of the molecule is COc1ccc(/C=C/C#N)cc1Cl. The Hall–Kier alpha value is -1.46. The first-order valence-electron chi connectivity index (χ1n) is 3.67. The molecule has 0 atom stereocenters. The van der Waals surface area contributed by atoms with Crippen molar-refractivity contribution in [3.63, 3.8) is 0 Å². The third-order valence-corrected chi connectivity index (χ3v) is 1.82. The molecule has 0 unspecified atom stereocenters. The van der Waals surface area contributed by atoms with Gasteiger partial charge in [0.15, 0.2) is 0 Å². The zero-order valence-corrected chi connectivity index (χ0v) is 7.88. The van der Waals surface area contributed by atoms with Crippen molar-refractivity contribution in [1.82, 2.24) is 0 Å². The topological polar surface area (TPSA) is 33.0 Å². The Morgan fingerprint density at radius 2 is 2.31 bits per heavy atom. The normalized spacial score (nSPS) is 9.92. The van der Waals surface area contributed by atoms with Crippen molar-refractivity contribution in [3.8, 4) is 11.8 Å². The lowest BCUT2D eigenvalue weighted by Crippen LogP contribution is -1.83. The van der Waals surface area contributed by atoms with Gasteiger partial charge >= 0.3 is 0 Å². The average molecular weight is 194 g/mol. The van der Waals surface area contributed by atoms with E-state index >= 15 is 0 Å². The molecular weight excluding hydrogens is 186 g/mol. The number of ether oxygens (including phenoxy) is 1. The second-order valence-corrected chi connectivity index (χ2v) is 2.76. The predicted octanol–water partition coefficient (Wildman–Crippen LogP) is 2.89. The van der Waals surface area contributed by atoms with Crippen LogP contribution in [0.4, 0.5) is 0 Å². The highest BCUT2D eigenvalue weighted by molar-refractivity contribution is 6.32. The molecule has 0 saturated heterocycles. The summed E-state index contributed by atoms with van der Waals surface area (Å²) in [5.41, 5.74) is 0.882. The van der Waals surface area contributed by atoms with Gasteiger partial charge in [0.1, 0.15) is 5.75 Å². The summed E-state index contributed by atoms with van der Waals surface area (Å²) >= 11 is 5.87. The molecule has 0 aliphatic rings. The van der Waals surface area contributed by atoms with Crippen LogP contribution in [-0.2, 0) is 0 Å². The van der Waals surface area contributed by atoms with Crippen LogP contribution < -0.4 is 4.74 Å². The van der Waals surface area contributed by atoms with Gasteiger partial charge in [-0.1, -0.05) is 17.7 Å². The second-order valence-electron chi connectivity index (χ2n) is 2.36. The summed E-state index contributed by atoms with van der Waals surface area (Å²) in [6.07, 6.45) is 3.09. The number of benzene rings is 1. The highest BCUT2D eigenvalue weighted by Crippen LogP contribution is 2.25. The van der Waals surface area contributed by atoms with Crippen molar-refractivity contribution in [2.75, 3.05) is 7.11 Å². The van der Waals surface area contributed by atoms with E-state index in [2.05, 4.69) is 0 Å². The molecule has 0 bridgehead atoms. The first kappa shape index (κ1) is 9.63. The van der Waals surface area contributed by atoms with Gasteiger partial charge in [0, 0.05) is 6.08 Å². The van der Waals surface area contributed by atoms with Gasteiger partial charge < -0.3 is 4.74 Å². The summed E-state index contributed by atoms with van der Waals surface area (Å²) < 4.78 is 4.98. The van der Waals surface area contributed by atoms with E-state index in [1.54, 1.807) is 25.3 Å². The summed E-state index contributed by atoms with van der Waals surface area (Å²) in [5.74, 6) is 0.635. The molecule has 0 N–H and O–H groups in total. The number of allylic oxidation sites excluding steroid dienone is 1. The van der Waals surface area contributed by atoms with Gasteiger partial charge in [0.05, 0.1) is 18.2 Å². The van der Waals surface area contributed by atoms with Gasteiger partial charge in [0.25, 0.3) is 0 Å². The fourth-order valence-corrected chi connectivity index (χ4v) is 1.19. The molecule has 1 rings (SSSR count). The molecule has 1 aromatic carbocycles. The minimum Gasteiger partial charge on any atom is -0.495 e. The summed E-state index contributed by atoms with van der Waals surface area (Å²) in [6, 6.07) is 7.25. The molecule has 0 saturated carbocycles. The minimum atomic E-state index is 0.544. The maximum absolute atomic E-state index is 8.30. The predicted molar refractivity (Wildman–Crippen MR) is 52.7 cm³/mol. The molecule has 13 heavy (non-hydrogen) atoms. The average Bonchev–Trinajstić information content (AvgIpc) is 2.15. The monoisotopic (exact) mass is 193 g/mol. The molecule has 0 amide bonds. The molecule has 0 heterocycles. The number of hydrogen-bond acceptors (Lipinski definition) is 2. The van der Waals surface area contributed by atoms with E-state index in [4.69, 9.17) is 21.6 Å². The first-order valence-corrected chi connectivity index (χ1v) is 4.05. The van der Waals surface area contributed by atoms with Crippen LogP contribution >= 0.6 is 11.6 Å². The maximum atomic E-state index is 8.30. The van der Waals surface area contributed by atoms with Gasteiger partial charge in [-0.15, -0.1) is 0 Å². The third kappa shape index (κ3) is 2.50. The number of halogens is 1. The summed E-state index contributed by atoms with van der Waals surface area (Å²) in [6.45, 7) is 0. The Morgan fingerprint density at radius 3 is 2.85 bits per heavy atom. The number of nitriles is 1. The zero-order valence-electron chi connectivity index (χ0n) is 7.12. The van der Waals surface area contributed by atoms with Crippen LogP contribution in [0.2, 0.25) is 5.02 Å². The zero-order chi connectivity index (χ0) is 9.68. The van der Waals surface area contributed by atoms with E-state index in [0.29, 0.717) is 10.8 Å². The van der Waals surface area contributed by atoms with Crippen LogP contribution in [-0.4, -0.2) is 7.11 Å². The number of nitrogens with zero attached hydrogens (tertiary/aromatic N) is 1. The van der Waals surface area contributed by atoms with Gasteiger partial charge in [-0.2, -0.15) is 5.26 Å². The highest BCUT2D eigenvalue weighted by atomic mass is 35.5. The Morgan fingerprint density at radius 1 is 1.54 bits per heavy atom. The Kier molecular flexibility index (Phi) is 3.36. The summed E-state index contributed by atoms with van der Waals surface area (Å²) in [4.78, 5) is 0. The molecule has 1 aromatic rings. The number of rotatable bonds is 2. The smallest absolute Gasteiger partial charge is 0.137 e. The summed E-state index contributed by atoms with van der Waals surface area (Å²) in [5, 5.41) is 8.85. The fraction of sp³-hybridized carbons (Fsp3) is 0.100.